The number of carbonyl (C=O) groups is 1. The Kier molecular flexibility index (Phi) is 4.69. The van der Waals surface area contributed by atoms with Gasteiger partial charge in [-0.25, -0.2) is 4.98 Å². The lowest BCUT2D eigenvalue weighted by Gasteiger charge is -2.42. The third kappa shape index (κ3) is 3.35. The van der Waals surface area contributed by atoms with Crippen LogP contribution in [0.5, 0.6) is 0 Å². The topological polar surface area (TPSA) is 115 Å². The van der Waals surface area contributed by atoms with E-state index in [9.17, 15) is 4.79 Å². The zero-order valence-corrected chi connectivity index (χ0v) is 18.3. The summed E-state index contributed by atoms with van der Waals surface area (Å²) in [5.41, 5.74) is 4.34. The SMILES string of the molecule is O=C(Nc1ccc2cn[nH]c2c1N1CCCC2(CCNC2)C1)c1csc(-c2cn[nH]c2)n1. The van der Waals surface area contributed by atoms with Crippen LogP contribution in [0, 0.1) is 5.41 Å². The third-order valence-corrected chi connectivity index (χ3v) is 7.52. The quantitative estimate of drug-likeness (QED) is 0.381. The summed E-state index contributed by atoms with van der Waals surface area (Å²) >= 11 is 1.43. The first-order valence-corrected chi connectivity index (χ1v) is 11.8. The molecule has 3 aromatic heterocycles. The molecule has 0 bridgehead atoms. The van der Waals surface area contributed by atoms with Crippen molar-refractivity contribution >= 4 is 39.5 Å². The molecule has 1 aromatic carbocycles. The molecule has 10 heteroatoms. The first kappa shape index (κ1) is 19.4. The van der Waals surface area contributed by atoms with Gasteiger partial charge in [-0.05, 0) is 37.9 Å². The highest BCUT2D eigenvalue weighted by Crippen LogP contribution is 2.41. The lowest BCUT2D eigenvalue weighted by Crippen LogP contribution is -2.45. The van der Waals surface area contributed by atoms with Crippen molar-refractivity contribution < 1.29 is 4.79 Å². The highest BCUT2D eigenvalue weighted by molar-refractivity contribution is 7.13. The molecule has 2 aliphatic heterocycles. The maximum atomic E-state index is 13.1. The molecule has 1 spiro atoms. The fourth-order valence-corrected chi connectivity index (χ4v) is 5.82. The van der Waals surface area contributed by atoms with E-state index in [0.717, 1.165) is 65.4 Å². The van der Waals surface area contributed by atoms with Gasteiger partial charge in [-0.3, -0.25) is 15.0 Å². The molecular weight excluding hydrogens is 424 g/mol. The number of piperidine rings is 1. The number of hydrogen-bond donors (Lipinski definition) is 4. The zero-order valence-electron chi connectivity index (χ0n) is 17.5. The molecule has 1 amide bonds. The average Bonchev–Trinajstić information content (AvgIpc) is 3.60. The second kappa shape index (κ2) is 7.72. The molecule has 0 aliphatic carbocycles. The van der Waals surface area contributed by atoms with Crippen LogP contribution in [0.3, 0.4) is 0 Å². The van der Waals surface area contributed by atoms with E-state index in [1.165, 1.54) is 24.2 Å². The fraction of sp³-hybridized carbons (Fsp3) is 0.364. The summed E-state index contributed by atoms with van der Waals surface area (Å²) in [6.07, 6.45) is 8.88. The molecule has 4 N–H and O–H groups in total. The van der Waals surface area contributed by atoms with Gasteiger partial charge >= 0.3 is 0 Å². The van der Waals surface area contributed by atoms with Crippen molar-refractivity contribution in [2.45, 2.75) is 19.3 Å². The molecule has 4 aromatic rings. The number of aromatic nitrogens is 5. The van der Waals surface area contributed by atoms with Crippen LogP contribution in [0.2, 0.25) is 0 Å². The van der Waals surface area contributed by atoms with Gasteiger partial charge in [-0.1, -0.05) is 0 Å². The maximum absolute atomic E-state index is 13.1. The van der Waals surface area contributed by atoms with Crippen LogP contribution >= 0.6 is 11.3 Å². The number of hydrogen-bond acceptors (Lipinski definition) is 7. The summed E-state index contributed by atoms with van der Waals surface area (Å²) < 4.78 is 0. The highest BCUT2D eigenvalue weighted by Gasteiger charge is 2.39. The summed E-state index contributed by atoms with van der Waals surface area (Å²) in [4.78, 5) is 20.0. The van der Waals surface area contributed by atoms with E-state index in [-0.39, 0.29) is 5.91 Å². The van der Waals surface area contributed by atoms with Crippen molar-refractivity contribution in [3.05, 3.63) is 41.8 Å². The van der Waals surface area contributed by atoms with Crippen molar-refractivity contribution in [1.29, 1.82) is 0 Å². The van der Waals surface area contributed by atoms with Crippen LogP contribution in [-0.2, 0) is 0 Å². The highest BCUT2D eigenvalue weighted by atomic mass is 32.1. The molecule has 5 heterocycles. The largest absolute Gasteiger partial charge is 0.367 e. The molecule has 9 nitrogen and oxygen atoms in total. The van der Waals surface area contributed by atoms with Crippen LogP contribution in [0.1, 0.15) is 29.8 Å². The van der Waals surface area contributed by atoms with Crippen molar-refractivity contribution in [2.24, 2.45) is 5.41 Å². The zero-order chi connectivity index (χ0) is 21.5. The van der Waals surface area contributed by atoms with Crippen molar-refractivity contribution in [1.82, 2.24) is 30.7 Å². The Morgan fingerprint density at radius 3 is 3.03 bits per heavy atom. The number of anilines is 2. The van der Waals surface area contributed by atoms with E-state index >= 15 is 0 Å². The molecule has 0 radical (unpaired) electrons. The van der Waals surface area contributed by atoms with Gasteiger partial charge < -0.3 is 15.5 Å². The summed E-state index contributed by atoms with van der Waals surface area (Å²) in [6.45, 7) is 4.07. The van der Waals surface area contributed by atoms with Gasteiger partial charge in [0, 0.05) is 47.6 Å². The van der Waals surface area contributed by atoms with Crippen LogP contribution in [0.25, 0.3) is 21.5 Å². The molecule has 2 saturated heterocycles. The molecule has 2 fully saturated rings. The number of nitrogens with one attached hydrogen (secondary N) is 4. The summed E-state index contributed by atoms with van der Waals surface area (Å²) in [6, 6.07) is 3.97. The minimum absolute atomic E-state index is 0.217. The number of aromatic amines is 2. The first-order chi connectivity index (χ1) is 15.7. The summed E-state index contributed by atoms with van der Waals surface area (Å²) in [5.74, 6) is -0.217. The molecule has 32 heavy (non-hydrogen) atoms. The van der Waals surface area contributed by atoms with E-state index in [4.69, 9.17) is 0 Å². The van der Waals surface area contributed by atoms with Crippen LogP contribution in [-0.4, -0.2) is 57.5 Å². The smallest absolute Gasteiger partial charge is 0.275 e. The van der Waals surface area contributed by atoms with Crippen molar-refractivity contribution in [3.63, 3.8) is 0 Å². The van der Waals surface area contributed by atoms with Gasteiger partial charge in [-0.15, -0.1) is 11.3 Å². The first-order valence-electron chi connectivity index (χ1n) is 10.9. The second-order valence-corrected chi connectivity index (χ2v) is 9.58. The van der Waals surface area contributed by atoms with Crippen LogP contribution in [0.4, 0.5) is 11.4 Å². The summed E-state index contributed by atoms with van der Waals surface area (Å²) in [5, 5.41) is 24.4. The Morgan fingerprint density at radius 1 is 1.22 bits per heavy atom. The molecule has 6 rings (SSSR count). The van der Waals surface area contributed by atoms with Crippen LogP contribution < -0.4 is 15.5 Å². The van der Waals surface area contributed by atoms with Gasteiger partial charge in [0.2, 0.25) is 0 Å². The fourth-order valence-electron chi connectivity index (χ4n) is 5.03. The standard InChI is InChI=1S/C22H24N8OS/c31-20(17-11-32-21(28-17)15-9-24-25-10-15)27-16-3-2-14-8-26-29-18(14)19(16)30-7-1-4-22(13-30)5-6-23-12-22/h2-3,8-11,23H,1,4-7,12-13H2,(H,24,25)(H,26,29)(H,27,31). The van der Waals surface area contributed by atoms with Gasteiger partial charge in [0.1, 0.15) is 10.7 Å². The molecule has 0 saturated carbocycles. The minimum Gasteiger partial charge on any atom is -0.367 e. The third-order valence-electron chi connectivity index (χ3n) is 6.63. The maximum Gasteiger partial charge on any atom is 0.275 e. The number of amides is 1. The van der Waals surface area contributed by atoms with E-state index < -0.39 is 0 Å². The predicted octanol–water partition coefficient (Wildman–Crippen LogP) is 3.24. The molecular formula is C22H24N8OS. The number of H-pyrrole nitrogens is 2. The van der Waals surface area contributed by atoms with E-state index in [1.54, 1.807) is 17.8 Å². The van der Waals surface area contributed by atoms with Gasteiger partial charge in [0.05, 0.1) is 29.3 Å². The van der Waals surface area contributed by atoms with Gasteiger partial charge in [0.25, 0.3) is 5.91 Å². The Hall–Kier alpha value is -3.24. The molecule has 2 aliphatic rings. The van der Waals surface area contributed by atoms with E-state index in [2.05, 4.69) is 40.9 Å². The lowest BCUT2D eigenvalue weighted by atomic mass is 9.79. The summed E-state index contributed by atoms with van der Waals surface area (Å²) in [7, 11) is 0. The number of benzene rings is 1. The number of rotatable bonds is 4. The van der Waals surface area contributed by atoms with Crippen molar-refractivity contribution in [2.75, 3.05) is 36.4 Å². The van der Waals surface area contributed by atoms with E-state index in [1.807, 2.05) is 18.3 Å². The number of carbonyl (C=O) groups excluding carboxylic acids is 1. The van der Waals surface area contributed by atoms with Crippen molar-refractivity contribution in [3.8, 4) is 10.6 Å². The average molecular weight is 449 g/mol. The molecule has 1 unspecified atom stereocenters. The van der Waals surface area contributed by atoms with Gasteiger partial charge in [-0.2, -0.15) is 10.2 Å². The predicted molar refractivity (Wildman–Crippen MR) is 125 cm³/mol. The Bertz CT molecular complexity index is 1250. The Labute approximate surface area is 188 Å². The second-order valence-electron chi connectivity index (χ2n) is 8.73. The lowest BCUT2D eigenvalue weighted by molar-refractivity contribution is 0.102. The minimum atomic E-state index is -0.217. The molecule has 164 valence electrons. The van der Waals surface area contributed by atoms with Gasteiger partial charge in [0.15, 0.2) is 0 Å². The molecule has 1 atom stereocenters. The Morgan fingerprint density at radius 2 is 2.19 bits per heavy atom. The number of nitrogens with zero attached hydrogens (tertiary/aromatic N) is 4. The van der Waals surface area contributed by atoms with Crippen LogP contribution in [0.15, 0.2) is 36.1 Å². The Balaban J connectivity index is 1.32. The van der Waals surface area contributed by atoms with E-state index in [0.29, 0.717) is 11.1 Å². The number of thiazole rings is 1. The number of fused-ring (bicyclic) bond motifs is 1. The normalized spacial score (nSPS) is 20.9. The monoisotopic (exact) mass is 448 g/mol.